The number of nitrogens with zero attached hydrogens (tertiary/aromatic N) is 1. The van der Waals surface area contributed by atoms with E-state index in [0.717, 1.165) is 22.3 Å². The first kappa shape index (κ1) is 8.56. The van der Waals surface area contributed by atoms with Crippen LogP contribution in [0.4, 0.5) is 0 Å². The van der Waals surface area contributed by atoms with Gasteiger partial charge in [0, 0.05) is 11.1 Å². The molecule has 2 aromatic rings. The van der Waals surface area contributed by atoms with Crippen LogP contribution in [0, 0.1) is 6.92 Å². The van der Waals surface area contributed by atoms with E-state index in [2.05, 4.69) is 21.6 Å². The predicted molar refractivity (Wildman–Crippen MR) is 52.9 cm³/mol. The van der Waals surface area contributed by atoms with E-state index in [1.165, 1.54) is 0 Å². The van der Waals surface area contributed by atoms with Crippen molar-refractivity contribution >= 4 is 27.5 Å². The molecular weight excluding hydrogens is 177 g/mol. The molecule has 2 nitrogen and oxygen atoms in total. The third kappa shape index (κ3) is 1.53. The third-order valence-corrected chi connectivity index (χ3v) is 2.20. The highest BCUT2D eigenvalue weighted by Gasteiger charge is 2.00. The van der Waals surface area contributed by atoms with Gasteiger partial charge in [0.25, 0.3) is 0 Å². The van der Waals surface area contributed by atoms with E-state index in [0.29, 0.717) is 0 Å². The normalized spacial score (nSPS) is 10.2. The summed E-state index contributed by atoms with van der Waals surface area (Å²) in [6.45, 7) is 1.97. The molecule has 13 heavy (non-hydrogen) atoms. The van der Waals surface area contributed by atoms with Gasteiger partial charge in [0.1, 0.15) is 11.3 Å². The summed E-state index contributed by atoms with van der Waals surface area (Å²) in [5.41, 5.74) is 1.92. The van der Waals surface area contributed by atoms with Gasteiger partial charge in [-0.25, -0.2) is 4.98 Å². The summed E-state index contributed by atoms with van der Waals surface area (Å²) in [4.78, 5) is 4.41. The fraction of sp³-hybridized carbons (Fsp3) is 0.100. The summed E-state index contributed by atoms with van der Waals surface area (Å²) in [6.07, 6.45) is 0. The van der Waals surface area contributed by atoms with Crippen LogP contribution in [0.1, 0.15) is 5.69 Å². The number of fused-ring (bicyclic) bond motifs is 1. The molecule has 0 unspecified atom stereocenters. The van der Waals surface area contributed by atoms with E-state index in [9.17, 15) is 0 Å². The number of hydrogen-bond acceptors (Lipinski definition) is 2. The second kappa shape index (κ2) is 3.37. The van der Waals surface area contributed by atoms with Gasteiger partial charge in [-0.05, 0) is 19.1 Å². The van der Waals surface area contributed by atoms with Crippen molar-refractivity contribution in [3.05, 3.63) is 36.0 Å². The number of hydrogen-bond donors (Lipinski definition) is 0. The van der Waals surface area contributed by atoms with Gasteiger partial charge >= 0.3 is 16.6 Å². The molecule has 62 valence electrons. The van der Waals surface area contributed by atoms with Crippen molar-refractivity contribution in [1.82, 2.24) is 4.98 Å². The number of pyridine rings is 1. The van der Waals surface area contributed by atoms with Crippen molar-refractivity contribution in [2.45, 2.75) is 6.92 Å². The molecule has 1 aromatic carbocycles. The second-order valence-electron chi connectivity index (χ2n) is 2.90. The second-order valence-corrected chi connectivity index (χ2v) is 3.13. The zero-order valence-corrected chi connectivity index (χ0v) is 8.47. The van der Waals surface area contributed by atoms with Gasteiger partial charge in [0.05, 0.1) is 0 Å². The highest BCUT2D eigenvalue weighted by Crippen LogP contribution is 2.22. The molecule has 0 aliphatic rings. The minimum atomic E-state index is 0.797. The molecular formula is C10H8AlNO. The van der Waals surface area contributed by atoms with Crippen LogP contribution in [0.3, 0.4) is 0 Å². The van der Waals surface area contributed by atoms with E-state index in [1.54, 1.807) is 0 Å². The molecule has 0 amide bonds. The lowest BCUT2D eigenvalue weighted by Gasteiger charge is -2.06. The first-order chi connectivity index (χ1) is 6.31. The minimum Gasteiger partial charge on any atom is -0.652 e. The van der Waals surface area contributed by atoms with Gasteiger partial charge in [-0.3, -0.25) is 0 Å². The molecule has 1 heterocycles. The maximum atomic E-state index is 5.14. The van der Waals surface area contributed by atoms with Crippen molar-refractivity contribution in [3.63, 3.8) is 0 Å². The Kier molecular flexibility index (Phi) is 2.22. The monoisotopic (exact) mass is 185 g/mol. The Morgan fingerprint density at radius 3 is 2.85 bits per heavy atom. The SMILES string of the molecule is Cc1ccc2cccc([O][Al])c2n1. The lowest BCUT2D eigenvalue weighted by atomic mass is 10.2. The van der Waals surface area contributed by atoms with E-state index in [1.807, 2.05) is 37.3 Å². The van der Waals surface area contributed by atoms with Gasteiger partial charge in [-0.2, -0.15) is 0 Å². The Balaban J connectivity index is 2.79. The molecule has 0 atom stereocenters. The maximum Gasteiger partial charge on any atom is 0.482 e. The van der Waals surface area contributed by atoms with Crippen molar-refractivity contribution in [2.24, 2.45) is 0 Å². The molecule has 0 aliphatic carbocycles. The van der Waals surface area contributed by atoms with Crippen LogP contribution in [0.15, 0.2) is 30.3 Å². The Bertz CT molecular complexity index is 442. The van der Waals surface area contributed by atoms with Gasteiger partial charge < -0.3 is 3.79 Å². The Hall–Kier alpha value is -1.04. The first-order valence-electron chi connectivity index (χ1n) is 4.04. The Morgan fingerprint density at radius 1 is 1.23 bits per heavy atom. The molecule has 0 saturated carbocycles. The van der Waals surface area contributed by atoms with Crippen LogP contribution in [0.25, 0.3) is 10.9 Å². The van der Waals surface area contributed by atoms with E-state index >= 15 is 0 Å². The van der Waals surface area contributed by atoms with Crippen molar-refractivity contribution in [2.75, 3.05) is 0 Å². The number of rotatable bonds is 1. The molecule has 0 bridgehead atoms. The number of benzene rings is 1. The Labute approximate surface area is 85.3 Å². The van der Waals surface area contributed by atoms with Gasteiger partial charge in [-0.15, -0.1) is 0 Å². The van der Waals surface area contributed by atoms with Crippen LogP contribution in [0.2, 0.25) is 0 Å². The molecule has 2 rings (SSSR count). The molecule has 0 aliphatic heterocycles. The topological polar surface area (TPSA) is 22.1 Å². The summed E-state index contributed by atoms with van der Waals surface area (Å²) in [6, 6.07) is 9.93. The standard InChI is InChI=1S/C10H9NO.Al/c1-7-5-6-8-3-2-4-9(12)10(8)11-7;/h2-6,12H,1H3;/q;+1/p-1. The largest absolute Gasteiger partial charge is 0.652 e. The summed E-state index contributed by atoms with van der Waals surface area (Å²) in [7, 11) is 0. The quantitative estimate of drug-likeness (QED) is 0.634. The number of para-hydroxylation sites is 1. The van der Waals surface area contributed by atoms with Crippen LogP contribution < -0.4 is 3.79 Å². The highest BCUT2D eigenvalue weighted by molar-refractivity contribution is 6.01. The molecule has 3 heteroatoms. The zero-order chi connectivity index (χ0) is 9.26. The molecule has 1 aromatic heterocycles. The maximum absolute atomic E-state index is 5.14. The predicted octanol–water partition coefficient (Wildman–Crippen LogP) is 2.01. The van der Waals surface area contributed by atoms with Gasteiger partial charge in [-0.1, -0.05) is 18.2 Å². The average Bonchev–Trinajstić information content (AvgIpc) is 2.17. The highest BCUT2D eigenvalue weighted by atomic mass is 27.1. The molecule has 0 spiro atoms. The van der Waals surface area contributed by atoms with Crippen LogP contribution in [-0.2, 0) is 0 Å². The summed E-state index contributed by atoms with van der Waals surface area (Å²) in [5, 5.41) is 1.10. The molecule has 0 fully saturated rings. The number of aromatic nitrogens is 1. The van der Waals surface area contributed by atoms with Gasteiger partial charge in [0.2, 0.25) is 0 Å². The van der Waals surface area contributed by atoms with Crippen molar-refractivity contribution < 1.29 is 3.79 Å². The lowest BCUT2D eigenvalue weighted by molar-refractivity contribution is 0.622. The Morgan fingerprint density at radius 2 is 2.08 bits per heavy atom. The van der Waals surface area contributed by atoms with Crippen LogP contribution in [0.5, 0.6) is 5.75 Å². The minimum absolute atomic E-state index is 0.797. The average molecular weight is 185 g/mol. The van der Waals surface area contributed by atoms with Gasteiger partial charge in [0.15, 0.2) is 0 Å². The summed E-state index contributed by atoms with van der Waals surface area (Å²) >= 11 is 2.24. The van der Waals surface area contributed by atoms with Crippen LogP contribution >= 0.6 is 0 Å². The fourth-order valence-electron chi connectivity index (χ4n) is 1.31. The molecule has 2 radical (unpaired) electrons. The van der Waals surface area contributed by atoms with E-state index in [4.69, 9.17) is 3.79 Å². The van der Waals surface area contributed by atoms with Crippen molar-refractivity contribution in [1.29, 1.82) is 0 Å². The van der Waals surface area contributed by atoms with E-state index < -0.39 is 0 Å². The summed E-state index contributed by atoms with van der Waals surface area (Å²) < 4.78 is 5.14. The smallest absolute Gasteiger partial charge is 0.482 e. The first-order valence-corrected chi connectivity index (χ1v) is 4.51. The third-order valence-electron chi connectivity index (χ3n) is 1.95. The fourth-order valence-corrected chi connectivity index (χ4v) is 1.50. The van der Waals surface area contributed by atoms with Crippen LogP contribution in [-0.4, -0.2) is 21.6 Å². The molecule has 0 N–H and O–H groups in total. The number of aryl methyl sites for hydroxylation is 1. The zero-order valence-electron chi connectivity index (χ0n) is 7.32. The molecule has 0 saturated heterocycles. The van der Waals surface area contributed by atoms with Crippen molar-refractivity contribution in [3.8, 4) is 5.75 Å². The van der Waals surface area contributed by atoms with E-state index in [-0.39, 0.29) is 0 Å². The summed E-state index contributed by atoms with van der Waals surface area (Å²) in [5.74, 6) is 0.797. The lowest BCUT2D eigenvalue weighted by Crippen LogP contribution is -1.90.